The Labute approximate surface area is 178 Å². The molecular weight excluding hydrogens is 402 g/mol. The van der Waals surface area contributed by atoms with E-state index in [9.17, 15) is 9.90 Å². The number of carboxylic acid groups (broad SMARTS) is 1. The third kappa shape index (κ3) is 5.79. The number of hydrogen-bond donors (Lipinski definition) is 4. The topological polar surface area (TPSA) is 103 Å². The van der Waals surface area contributed by atoms with Gasteiger partial charge in [-0.1, -0.05) is 48.5 Å². The van der Waals surface area contributed by atoms with Crippen molar-refractivity contribution in [2.75, 3.05) is 5.32 Å². The Morgan fingerprint density at radius 3 is 2.47 bits per heavy atom. The molecule has 0 bridgehead atoms. The third-order valence-electron chi connectivity index (χ3n) is 3.98. The predicted octanol–water partition coefficient (Wildman–Crippen LogP) is 3.96. The fourth-order valence-corrected chi connectivity index (χ4v) is 2.70. The number of carbonyl (C=O) groups is 1. The van der Waals surface area contributed by atoms with Gasteiger partial charge in [0, 0.05) is 5.69 Å². The van der Waals surface area contributed by atoms with Crippen LogP contribution in [0.25, 0.3) is 0 Å². The summed E-state index contributed by atoms with van der Waals surface area (Å²) in [7, 11) is 0. The van der Waals surface area contributed by atoms with E-state index in [1.54, 1.807) is 30.3 Å². The van der Waals surface area contributed by atoms with E-state index in [0.717, 1.165) is 5.56 Å². The number of thiocarbonyl (C=S) groups is 1. The van der Waals surface area contributed by atoms with Crippen molar-refractivity contribution in [3.8, 4) is 5.75 Å². The van der Waals surface area contributed by atoms with Gasteiger partial charge < -0.3 is 20.3 Å². The Morgan fingerprint density at radius 2 is 1.73 bits per heavy atom. The van der Waals surface area contributed by atoms with E-state index in [1.807, 2.05) is 30.3 Å². The van der Waals surface area contributed by atoms with Crippen LogP contribution in [0.1, 0.15) is 21.5 Å². The van der Waals surface area contributed by atoms with Gasteiger partial charge in [-0.3, -0.25) is 0 Å². The first kappa shape index (κ1) is 20.8. The number of aromatic hydroxyl groups is 1. The van der Waals surface area contributed by atoms with Crippen LogP contribution in [0, 0.1) is 0 Å². The number of hydrazone groups is 1. The average Bonchev–Trinajstić information content (AvgIpc) is 2.75. The number of phenolic OH excluding ortho intramolecular Hbond substituents is 1. The highest BCUT2D eigenvalue weighted by atomic mass is 32.1. The second-order valence-electron chi connectivity index (χ2n) is 6.16. The number of hydrogen-bond acceptors (Lipinski definition) is 5. The molecule has 0 unspecified atom stereocenters. The van der Waals surface area contributed by atoms with E-state index < -0.39 is 5.97 Å². The zero-order valence-corrected chi connectivity index (χ0v) is 16.6. The first-order valence-corrected chi connectivity index (χ1v) is 9.37. The molecule has 3 aromatic rings. The molecule has 0 aliphatic carbocycles. The molecule has 152 valence electrons. The van der Waals surface area contributed by atoms with Crippen LogP contribution < -0.4 is 10.7 Å². The highest BCUT2D eigenvalue weighted by molar-refractivity contribution is 7.80. The first-order valence-electron chi connectivity index (χ1n) is 8.96. The smallest absolute Gasteiger partial charge is 0.335 e. The molecule has 0 saturated carbocycles. The fraction of sp³-hybridized carbons (Fsp3) is 0.0455. The fourth-order valence-electron chi connectivity index (χ4n) is 2.54. The summed E-state index contributed by atoms with van der Waals surface area (Å²) in [6, 6.07) is 22.4. The van der Waals surface area contributed by atoms with Crippen molar-refractivity contribution in [3.63, 3.8) is 0 Å². The third-order valence-corrected chi connectivity index (χ3v) is 4.17. The summed E-state index contributed by atoms with van der Waals surface area (Å²) in [5.74, 6) is -0.869. The molecule has 0 heterocycles. The number of nitrogens with one attached hydrogen (secondary N) is 2. The minimum atomic E-state index is -1.04. The van der Waals surface area contributed by atoms with E-state index in [1.165, 1.54) is 18.2 Å². The molecular formula is C22H19N3O4S. The number of phenols is 1. The van der Waals surface area contributed by atoms with Crippen LogP contribution in [-0.4, -0.2) is 27.2 Å². The molecule has 0 aliphatic heterocycles. The largest absolute Gasteiger partial charge is 0.507 e. The monoisotopic (exact) mass is 421 g/mol. The van der Waals surface area contributed by atoms with Crippen molar-refractivity contribution in [1.82, 2.24) is 5.43 Å². The number of carboxylic acids is 1. The molecule has 0 aromatic heterocycles. The summed E-state index contributed by atoms with van der Waals surface area (Å²) >= 11 is 5.23. The summed E-state index contributed by atoms with van der Waals surface area (Å²) in [5.41, 5.74) is 4.63. The van der Waals surface area contributed by atoms with Crippen LogP contribution in [0.5, 0.6) is 5.75 Å². The predicted molar refractivity (Wildman–Crippen MR) is 119 cm³/mol. The van der Waals surface area contributed by atoms with Crippen LogP contribution in [0.2, 0.25) is 0 Å². The lowest BCUT2D eigenvalue weighted by Gasteiger charge is -2.13. The SMILES string of the molecule is O=C(O)c1cccc(NC(=S)NN=C(OCc2ccccc2)c2ccccc2O)c1. The standard InChI is InChI=1S/C22H19N3O4S/c26-19-12-5-4-11-18(19)20(29-14-15-7-2-1-3-8-15)24-25-22(30)23-17-10-6-9-16(13-17)21(27)28/h1-13,26H,14H2,(H,27,28)(H2,23,25,30). The second kappa shape index (κ2) is 10.0. The maximum Gasteiger partial charge on any atom is 0.335 e. The lowest BCUT2D eigenvalue weighted by molar-refractivity contribution is 0.0697. The molecule has 30 heavy (non-hydrogen) atoms. The van der Waals surface area contributed by atoms with Crippen LogP contribution in [-0.2, 0) is 11.3 Å². The van der Waals surface area contributed by atoms with E-state index in [-0.39, 0.29) is 28.9 Å². The van der Waals surface area contributed by atoms with Crippen molar-refractivity contribution < 1.29 is 19.7 Å². The molecule has 0 radical (unpaired) electrons. The van der Waals surface area contributed by atoms with E-state index >= 15 is 0 Å². The Bertz CT molecular complexity index is 1070. The number of para-hydroxylation sites is 1. The summed E-state index contributed by atoms with van der Waals surface area (Å²) in [4.78, 5) is 11.1. The highest BCUT2D eigenvalue weighted by Crippen LogP contribution is 2.18. The van der Waals surface area contributed by atoms with Gasteiger partial charge in [0.05, 0.1) is 11.1 Å². The van der Waals surface area contributed by atoms with E-state index in [2.05, 4.69) is 15.8 Å². The number of aromatic carboxylic acids is 1. The van der Waals surface area contributed by atoms with E-state index in [0.29, 0.717) is 11.3 Å². The number of rotatable bonds is 6. The van der Waals surface area contributed by atoms with Crippen LogP contribution in [0.15, 0.2) is 84.0 Å². The Morgan fingerprint density at radius 1 is 1.00 bits per heavy atom. The minimum Gasteiger partial charge on any atom is -0.507 e. The lowest BCUT2D eigenvalue weighted by Crippen LogP contribution is -2.26. The van der Waals surface area contributed by atoms with Gasteiger partial charge in [-0.15, -0.1) is 5.10 Å². The van der Waals surface area contributed by atoms with Gasteiger partial charge in [-0.25, -0.2) is 10.2 Å². The van der Waals surface area contributed by atoms with Gasteiger partial charge in [-0.2, -0.15) is 0 Å². The van der Waals surface area contributed by atoms with Crippen molar-refractivity contribution >= 4 is 34.9 Å². The molecule has 0 atom stereocenters. The van der Waals surface area contributed by atoms with Gasteiger partial charge in [0.15, 0.2) is 5.11 Å². The van der Waals surface area contributed by atoms with Crippen molar-refractivity contribution in [1.29, 1.82) is 0 Å². The Balaban J connectivity index is 1.74. The van der Waals surface area contributed by atoms with Gasteiger partial charge in [0.2, 0.25) is 5.90 Å². The molecule has 0 fully saturated rings. The molecule has 8 heteroatoms. The molecule has 7 nitrogen and oxygen atoms in total. The average molecular weight is 421 g/mol. The zero-order chi connectivity index (χ0) is 21.3. The van der Waals surface area contributed by atoms with Gasteiger partial charge in [0.1, 0.15) is 12.4 Å². The summed E-state index contributed by atoms with van der Waals surface area (Å²) in [5, 5.41) is 26.4. The van der Waals surface area contributed by atoms with Crippen LogP contribution in [0.4, 0.5) is 5.69 Å². The maximum atomic E-state index is 11.1. The van der Waals surface area contributed by atoms with Crippen molar-refractivity contribution in [2.45, 2.75) is 6.61 Å². The molecule has 4 N–H and O–H groups in total. The molecule has 0 aliphatic rings. The number of nitrogens with zero attached hydrogens (tertiary/aromatic N) is 1. The molecule has 0 saturated heterocycles. The second-order valence-corrected chi connectivity index (χ2v) is 6.57. The number of anilines is 1. The Hall–Kier alpha value is -3.91. The van der Waals surface area contributed by atoms with E-state index in [4.69, 9.17) is 22.1 Å². The number of benzene rings is 3. The van der Waals surface area contributed by atoms with Crippen molar-refractivity contribution in [3.05, 3.63) is 95.6 Å². The lowest BCUT2D eigenvalue weighted by atomic mass is 10.2. The van der Waals surface area contributed by atoms with Gasteiger partial charge in [-0.05, 0) is 48.1 Å². The minimum absolute atomic E-state index is 0.0131. The van der Waals surface area contributed by atoms with Crippen LogP contribution in [0.3, 0.4) is 0 Å². The molecule has 3 rings (SSSR count). The quantitative estimate of drug-likeness (QED) is 0.207. The summed E-state index contributed by atoms with van der Waals surface area (Å²) < 4.78 is 5.81. The molecule has 0 spiro atoms. The van der Waals surface area contributed by atoms with Crippen LogP contribution >= 0.6 is 12.2 Å². The molecule has 3 aromatic carbocycles. The van der Waals surface area contributed by atoms with Crippen molar-refractivity contribution in [2.24, 2.45) is 5.10 Å². The first-order chi connectivity index (χ1) is 14.5. The Kier molecular flexibility index (Phi) is 6.96. The normalized spacial score (nSPS) is 10.9. The van der Waals surface area contributed by atoms with Gasteiger partial charge in [0.25, 0.3) is 0 Å². The summed E-state index contributed by atoms with van der Waals surface area (Å²) in [6.07, 6.45) is 0. The highest BCUT2D eigenvalue weighted by Gasteiger charge is 2.11. The molecule has 0 amide bonds. The maximum absolute atomic E-state index is 11.1. The summed E-state index contributed by atoms with van der Waals surface area (Å²) in [6.45, 7) is 0.247. The van der Waals surface area contributed by atoms with Gasteiger partial charge >= 0.3 is 5.97 Å². The number of ether oxygens (including phenoxy) is 1. The zero-order valence-electron chi connectivity index (χ0n) is 15.8.